The fourth-order valence-electron chi connectivity index (χ4n) is 2.25. The predicted octanol–water partition coefficient (Wildman–Crippen LogP) is 2.06. The van der Waals surface area contributed by atoms with Crippen molar-refractivity contribution >= 4 is 18.3 Å². The zero-order valence-corrected chi connectivity index (χ0v) is 13.2. The first-order chi connectivity index (χ1) is 10.5. The molecule has 5 nitrogen and oxygen atoms in total. The molecule has 0 unspecified atom stereocenters. The van der Waals surface area contributed by atoms with Crippen molar-refractivity contribution in [3.05, 3.63) is 23.9 Å². The Labute approximate surface area is 138 Å². The van der Waals surface area contributed by atoms with Crippen molar-refractivity contribution < 1.29 is 22.7 Å². The van der Waals surface area contributed by atoms with Crippen LogP contribution in [0.15, 0.2) is 18.3 Å². The van der Waals surface area contributed by atoms with E-state index in [2.05, 4.69) is 20.4 Å². The lowest BCUT2D eigenvalue weighted by Gasteiger charge is -2.22. The number of pyridine rings is 1. The molecule has 0 saturated carbocycles. The highest BCUT2D eigenvalue weighted by atomic mass is 35.5. The van der Waals surface area contributed by atoms with Crippen LogP contribution in [0.5, 0.6) is 5.88 Å². The Morgan fingerprint density at radius 3 is 2.74 bits per heavy atom. The van der Waals surface area contributed by atoms with Gasteiger partial charge in [0.2, 0.25) is 11.8 Å². The van der Waals surface area contributed by atoms with Gasteiger partial charge in [0.05, 0.1) is 0 Å². The summed E-state index contributed by atoms with van der Waals surface area (Å²) in [5.74, 6) is -0.255. The van der Waals surface area contributed by atoms with Crippen molar-refractivity contribution in [3.63, 3.8) is 0 Å². The van der Waals surface area contributed by atoms with Gasteiger partial charge in [-0.1, -0.05) is 6.07 Å². The Balaban J connectivity index is 0.00000264. The summed E-state index contributed by atoms with van der Waals surface area (Å²) in [5, 5.41) is 5.91. The fraction of sp³-hybridized carbons (Fsp3) is 0.571. The number of hydrogen-bond donors (Lipinski definition) is 2. The molecule has 0 aromatic carbocycles. The maximum absolute atomic E-state index is 12.2. The first-order valence-corrected chi connectivity index (χ1v) is 7.07. The molecule has 130 valence electrons. The summed E-state index contributed by atoms with van der Waals surface area (Å²) >= 11 is 0. The number of nitrogens with zero attached hydrogens (tertiary/aromatic N) is 1. The lowest BCUT2D eigenvalue weighted by Crippen LogP contribution is -2.38. The van der Waals surface area contributed by atoms with E-state index in [-0.39, 0.29) is 36.7 Å². The van der Waals surface area contributed by atoms with Gasteiger partial charge in [-0.05, 0) is 32.0 Å². The molecule has 1 amide bonds. The largest absolute Gasteiger partial charge is 0.468 e. The Kier molecular flexibility index (Phi) is 7.57. The van der Waals surface area contributed by atoms with Crippen molar-refractivity contribution in [3.8, 4) is 5.88 Å². The standard InChI is InChI=1S/C14H18F3N3O2.ClH/c15-14(16,17)9-22-13-11(2-1-5-19-13)8-20-12(21)10-3-6-18-7-4-10;/h1-2,5,10,18H,3-4,6-9H2,(H,20,21);1H. The second kappa shape index (κ2) is 8.93. The maximum Gasteiger partial charge on any atom is 0.422 e. The first kappa shape index (κ1) is 19.5. The van der Waals surface area contributed by atoms with Crippen LogP contribution in [0.2, 0.25) is 0 Å². The molecule has 1 aliphatic heterocycles. The quantitative estimate of drug-likeness (QED) is 0.850. The third-order valence-corrected chi connectivity index (χ3v) is 3.39. The number of carbonyl (C=O) groups excluding carboxylic acids is 1. The van der Waals surface area contributed by atoms with Crippen molar-refractivity contribution in [1.82, 2.24) is 15.6 Å². The van der Waals surface area contributed by atoms with Crippen molar-refractivity contribution in [1.29, 1.82) is 0 Å². The summed E-state index contributed by atoms with van der Waals surface area (Å²) in [6.45, 7) is 0.291. The minimum Gasteiger partial charge on any atom is -0.468 e. The third kappa shape index (κ3) is 6.62. The van der Waals surface area contributed by atoms with Crippen LogP contribution in [0.25, 0.3) is 0 Å². The predicted molar refractivity (Wildman–Crippen MR) is 80.5 cm³/mol. The number of halogens is 4. The fourth-order valence-corrected chi connectivity index (χ4v) is 2.25. The smallest absolute Gasteiger partial charge is 0.422 e. The van der Waals surface area contributed by atoms with E-state index in [0.717, 1.165) is 25.9 Å². The molecule has 1 aromatic heterocycles. The van der Waals surface area contributed by atoms with E-state index in [1.54, 1.807) is 12.1 Å². The van der Waals surface area contributed by atoms with E-state index in [4.69, 9.17) is 0 Å². The maximum atomic E-state index is 12.2. The van der Waals surface area contributed by atoms with E-state index in [9.17, 15) is 18.0 Å². The average molecular weight is 354 g/mol. The molecule has 1 fully saturated rings. The molecule has 2 N–H and O–H groups in total. The van der Waals surface area contributed by atoms with E-state index >= 15 is 0 Å². The van der Waals surface area contributed by atoms with Crippen LogP contribution in [0, 0.1) is 5.92 Å². The minimum atomic E-state index is -4.42. The van der Waals surface area contributed by atoms with Crippen LogP contribution >= 0.6 is 12.4 Å². The summed E-state index contributed by atoms with van der Waals surface area (Å²) in [7, 11) is 0. The molecule has 9 heteroatoms. The summed E-state index contributed by atoms with van der Waals surface area (Å²) in [4.78, 5) is 15.8. The van der Waals surface area contributed by atoms with E-state index in [1.165, 1.54) is 6.20 Å². The van der Waals surface area contributed by atoms with Gasteiger partial charge in [-0.15, -0.1) is 12.4 Å². The Bertz CT molecular complexity index is 508. The molecular formula is C14H19ClF3N3O2. The van der Waals surface area contributed by atoms with E-state index in [0.29, 0.717) is 5.56 Å². The van der Waals surface area contributed by atoms with E-state index in [1.807, 2.05) is 0 Å². The lowest BCUT2D eigenvalue weighted by molar-refractivity contribution is -0.154. The Morgan fingerprint density at radius 1 is 1.39 bits per heavy atom. The molecule has 2 heterocycles. The molecular weight excluding hydrogens is 335 g/mol. The number of nitrogens with one attached hydrogen (secondary N) is 2. The average Bonchev–Trinajstić information content (AvgIpc) is 2.51. The van der Waals surface area contributed by atoms with Gasteiger partial charge in [-0.25, -0.2) is 4.98 Å². The molecule has 0 atom stereocenters. The van der Waals surface area contributed by atoms with Crippen LogP contribution in [-0.2, 0) is 11.3 Å². The van der Waals surface area contributed by atoms with Crippen molar-refractivity contribution in [2.75, 3.05) is 19.7 Å². The molecule has 0 aliphatic carbocycles. The van der Waals surface area contributed by atoms with Gasteiger partial charge >= 0.3 is 6.18 Å². The van der Waals surface area contributed by atoms with Crippen molar-refractivity contribution in [2.24, 2.45) is 5.92 Å². The monoisotopic (exact) mass is 353 g/mol. The lowest BCUT2D eigenvalue weighted by atomic mass is 9.97. The summed E-state index contributed by atoms with van der Waals surface area (Å²) in [6, 6.07) is 3.17. The van der Waals surface area contributed by atoms with Crippen LogP contribution in [0.4, 0.5) is 13.2 Å². The number of piperidine rings is 1. The van der Waals surface area contributed by atoms with Crippen LogP contribution < -0.4 is 15.4 Å². The van der Waals surface area contributed by atoms with Gasteiger partial charge in [0, 0.05) is 24.2 Å². The SMILES string of the molecule is Cl.O=C(NCc1cccnc1OCC(F)(F)F)C1CCNCC1. The van der Waals surface area contributed by atoms with Gasteiger partial charge in [0.1, 0.15) is 0 Å². The topological polar surface area (TPSA) is 63.2 Å². The number of hydrogen-bond acceptors (Lipinski definition) is 4. The molecule has 23 heavy (non-hydrogen) atoms. The summed E-state index contributed by atoms with van der Waals surface area (Å²) in [5.41, 5.74) is 0.425. The van der Waals surface area contributed by atoms with E-state index < -0.39 is 12.8 Å². The highest BCUT2D eigenvalue weighted by Crippen LogP contribution is 2.20. The molecule has 0 radical (unpaired) electrons. The van der Waals surface area contributed by atoms with Gasteiger partial charge in [-0.2, -0.15) is 13.2 Å². The van der Waals surface area contributed by atoms with Gasteiger partial charge in [0.25, 0.3) is 0 Å². The Hall–Kier alpha value is -1.54. The van der Waals surface area contributed by atoms with Gasteiger partial charge < -0.3 is 15.4 Å². The zero-order valence-electron chi connectivity index (χ0n) is 12.4. The van der Waals surface area contributed by atoms with Gasteiger partial charge in [0.15, 0.2) is 6.61 Å². The molecule has 0 bridgehead atoms. The Morgan fingerprint density at radius 2 is 2.09 bits per heavy atom. The van der Waals surface area contributed by atoms with Crippen LogP contribution in [-0.4, -0.2) is 36.8 Å². The van der Waals surface area contributed by atoms with Crippen molar-refractivity contribution in [2.45, 2.75) is 25.6 Å². The van der Waals surface area contributed by atoms with Gasteiger partial charge in [-0.3, -0.25) is 4.79 Å². The highest BCUT2D eigenvalue weighted by molar-refractivity contribution is 5.85. The molecule has 1 saturated heterocycles. The summed E-state index contributed by atoms with van der Waals surface area (Å²) < 4.78 is 41.3. The number of amides is 1. The first-order valence-electron chi connectivity index (χ1n) is 7.07. The number of carbonyl (C=O) groups is 1. The number of aromatic nitrogens is 1. The molecule has 1 aliphatic rings. The second-order valence-electron chi connectivity index (χ2n) is 5.11. The highest BCUT2D eigenvalue weighted by Gasteiger charge is 2.29. The third-order valence-electron chi connectivity index (χ3n) is 3.39. The summed E-state index contributed by atoms with van der Waals surface area (Å²) in [6.07, 6.45) is -1.55. The zero-order chi connectivity index (χ0) is 16.0. The molecule has 1 aromatic rings. The van der Waals surface area contributed by atoms with Crippen LogP contribution in [0.1, 0.15) is 18.4 Å². The second-order valence-corrected chi connectivity index (χ2v) is 5.11. The van der Waals surface area contributed by atoms with Crippen LogP contribution in [0.3, 0.4) is 0 Å². The minimum absolute atomic E-state index is 0. The number of rotatable bonds is 5. The number of alkyl halides is 3. The molecule has 0 spiro atoms. The normalized spacial score (nSPS) is 15.6. The number of ether oxygens (including phenoxy) is 1. The molecule has 2 rings (SSSR count).